The first kappa shape index (κ1) is 13.1. The van der Waals surface area contributed by atoms with Gasteiger partial charge >= 0.3 is 0 Å². The van der Waals surface area contributed by atoms with Gasteiger partial charge in [-0.3, -0.25) is 4.98 Å². The van der Waals surface area contributed by atoms with Gasteiger partial charge in [0.05, 0.1) is 7.11 Å². The van der Waals surface area contributed by atoms with Crippen LogP contribution >= 0.6 is 15.9 Å². The van der Waals surface area contributed by atoms with Crippen molar-refractivity contribution in [3.8, 4) is 5.75 Å². The second kappa shape index (κ2) is 6.02. The van der Waals surface area contributed by atoms with Gasteiger partial charge in [-0.15, -0.1) is 0 Å². The Morgan fingerprint density at radius 2 is 2.28 bits per heavy atom. The number of furan rings is 1. The van der Waals surface area contributed by atoms with Crippen LogP contribution in [-0.4, -0.2) is 18.6 Å². The summed E-state index contributed by atoms with van der Waals surface area (Å²) in [5.74, 6) is 1.55. The molecule has 18 heavy (non-hydrogen) atoms. The summed E-state index contributed by atoms with van der Waals surface area (Å²) in [6.07, 6.45) is 1.75. The number of ether oxygens (including phenoxy) is 1. The zero-order valence-corrected chi connectivity index (χ0v) is 11.9. The molecule has 0 bridgehead atoms. The topological polar surface area (TPSA) is 47.3 Å². The minimum atomic E-state index is -0.113. The third-order valence-corrected chi connectivity index (χ3v) is 3.01. The first-order chi connectivity index (χ1) is 8.76. The van der Waals surface area contributed by atoms with Crippen molar-refractivity contribution in [3.63, 3.8) is 0 Å². The Morgan fingerprint density at radius 1 is 1.44 bits per heavy atom. The quantitative estimate of drug-likeness (QED) is 0.921. The summed E-state index contributed by atoms with van der Waals surface area (Å²) >= 11 is 3.31. The molecule has 4 nitrogen and oxygen atoms in total. The lowest BCUT2D eigenvalue weighted by Crippen LogP contribution is -2.23. The van der Waals surface area contributed by atoms with E-state index in [4.69, 9.17) is 9.15 Å². The van der Waals surface area contributed by atoms with Crippen molar-refractivity contribution in [2.45, 2.75) is 13.0 Å². The van der Waals surface area contributed by atoms with Crippen LogP contribution in [-0.2, 0) is 0 Å². The van der Waals surface area contributed by atoms with Crippen LogP contribution in [0.1, 0.15) is 24.4 Å². The van der Waals surface area contributed by atoms with Gasteiger partial charge in [-0.2, -0.15) is 0 Å². The molecule has 0 saturated carbocycles. The lowest BCUT2D eigenvalue weighted by molar-refractivity contribution is 0.385. The summed E-state index contributed by atoms with van der Waals surface area (Å²) in [5.41, 5.74) is 0.823. The van der Waals surface area contributed by atoms with Crippen LogP contribution < -0.4 is 10.1 Å². The number of nitrogens with zero attached hydrogens (tertiary/aromatic N) is 1. The molecule has 2 aromatic rings. The Labute approximate surface area is 114 Å². The highest BCUT2D eigenvalue weighted by Gasteiger charge is 2.21. The van der Waals surface area contributed by atoms with Gasteiger partial charge in [-0.1, -0.05) is 6.92 Å². The van der Waals surface area contributed by atoms with Crippen LogP contribution in [0.3, 0.4) is 0 Å². The fourth-order valence-electron chi connectivity index (χ4n) is 1.81. The maximum Gasteiger partial charge on any atom is 0.169 e. The van der Waals surface area contributed by atoms with Crippen LogP contribution in [0.25, 0.3) is 0 Å². The van der Waals surface area contributed by atoms with Crippen molar-refractivity contribution in [2.75, 3.05) is 13.7 Å². The Bertz CT molecular complexity index is 513. The Morgan fingerprint density at radius 3 is 2.89 bits per heavy atom. The van der Waals surface area contributed by atoms with Crippen LogP contribution in [0.4, 0.5) is 0 Å². The van der Waals surface area contributed by atoms with Crippen molar-refractivity contribution < 1.29 is 9.15 Å². The van der Waals surface area contributed by atoms with Crippen molar-refractivity contribution in [2.24, 2.45) is 0 Å². The summed E-state index contributed by atoms with van der Waals surface area (Å²) in [4.78, 5) is 4.39. The van der Waals surface area contributed by atoms with E-state index in [0.717, 1.165) is 23.7 Å². The summed E-state index contributed by atoms with van der Waals surface area (Å²) in [6, 6.07) is 7.42. The van der Waals surface area contributed by atoms with Crippen LogP contribution in [0.5, 0.6) is 5.75 Å². The SMILES string of the molecule is CCNC(c1ccc(Br)o1)c1ncccc1OC. The Hall–Kier alpha value is -1.33. The molecule has 0 spiro atoms. The van der Waals surface area contributed by atoms with Gasteiger partial charge in [0.25, 0.3) is 0 Å². The number of pyridine rings is 1. The van der Waals surface area contributed by atoms with Crippen molar-refractivity contribution >= 4 is 15.9 Å². The van der Waals surface area contributed by atoms with E-state index >= 15 is 0 Å². The smallest absolute Gasteiger partial charge is 0.169 e. The molecule has 1 unspecified atom stereocenters. The molecule has 0 aromatic carbocycles. The minimum Gasteiger partial charge on any atom is -0.495 e. The molecule has 2 heterocycles. The van der Waals surface area contributed by atoms with Gasteiger partial charge in [0.1, 0.15) is 23.2 Å². The summed E-state index contributed by atoms with van der Waals surface area (Å²) in [6.45, 7) is 2.85. The van der Waals surface area contributed by atoms with E-state index in [0.29, 0.717) is 4.67 Å². The highest BCUT2D eigenvalue weighted by atomic mass is 79.9. The number of rotatable bonds is 5. The van der Waals surface area contributed by atoms with Crippen LogP contribution in [0.2, 0.25) is 0 Å². The highest BCUT2D eigenvalue weighted by Crippen LogP contribution is 2.30. The lowest BCUT2D eigenvalue weighted by Gasteiger charge is -2.17. The number of aromatic nitrogens is 1. The molecule has 1 atom stereocenters. The van der Waals surface area contributed by atoms with Gasteiger partial charge in [0.2, 0.25) is 0 Å². The van der Waals surface area contributed by atoms with E-state index in [2.05, 4.69) is 26.2 Å². The number of halogens is 1. The first-order valence-electron chi connectivity index (χ1n) is 5.73. The maximum atomic E-state index is 5.61. The first-order valence-corrected chi connectivity index (χ1v) is 6.53. The zero-order valence-electron chi connectivity index (χ0n) is 10.3. The van der Waals surface area contributed by atoms with Gasteiger partial charge in [-0.25, -0.2) is 0 Å². The van der Waals surface area contributed by atoms with E-state index in [9.17, 15) is 0 Å². The Balaban J connectivity index is 2.41. The zero-order chi connectivity index (χ0) is 13.0. The van der Waals surface area contributed by atoms with E-state index in [1.165, 1.54) is 0 Å². The molecular formula is C13H15BrN2O2. The average Bonchev–Trinajstić information content (AvgIpc) is 2.82. The van der Waals surface area contributed by atoms with E-state index in [1.807, 2.05) is 31.2 Å². The molecule has 0 radical (unpaired) electrons. The molecule has 2 aromatic heterocycles. The monoisotopic (exact) mass is 310 g/mol. The molecule has 0 aliphatic heterocycles. The maximum absolute atomic E-state index is 5.61. The molecule has 2 rings (SSSR count). The largest absolute Gasteiger partial charge is 0.495 e. The van der Waals surface area contributed by atoms with Crippen LogP contribution in [0.15, 0.2) is 39.5 Å². The minimum absolute atomic E-state index is 0.113. The number of hydrogen-bond donors (Lipinski definition) is 1. The standard InChI is InChI=1S/C13H15BrN2O2/c1-3-15-13(10-6-7-11(14)18-10)12-9(17-2)5-4-8-16-12/h4-8,13,15H,3H2,1-2H3. The number of methoxy groups -OCH3 is 1. The molecular weight excluding hydrogens is 296 g/mol. The molecule has 0 aliphatic carbocycles. The van der Waals surface area contributed by atoms with Crippen LogP contribution in [0, 0.1) is 0 Å². The molecule has 0 fully saturated rings. The third kappa shape index (κ3) is 2.73. The third-order valence-electron chi connectivity index (χ3n) is 2.58. The van der Waals surface area contributed by atoms with E-state index in [-0.39, 0.29) is 6.04 Å². The van der Waals surface area contributed by atoms with Crippen molar-refractivity contribution in [1.29, 1.82) is 0 Å². The van der Waals surface area contributed by atoms with E-state index < -0.39 is 0 Å². The molecule has 0 saturated heterocycles. The molecule has 5 heteroatoms. The normalized spacial score (nSPS) is 12.4. The number of nitrogens with one attached hydrogen (secondary N) is 1. The van der Waals surface area contributed by atoms with Gasteiger partial charge in [-0.05, 0) is 46.7 Å². The predicted octanol–water partition coefficient (Wildman–Crippen LogP) is 3.14. The molecule has 0 aliphatic rings. The Kier molecular flexibility index (Phi) is 4.38. The second-order valence-electron chi connectivity index (χ2n) is 3.72. The summed E-state index contributed by atoms with van der Waals surface area (Å²) in [5, 5.41) is 3.35. The molecule has 96 valence electrons. The summed E-state index contributed by atoms with van der Waals surface area (Å²) < 4.78 is 11.7. The second-order valence-corrected chi connectivity index (χ2v) is 4.51. The fraction of sp³-hybridized carbons (Fsp3) is 0.308. The van der Waals surface area contributed by atoms with Gasteiger partial charge in [0, 0.05) is 6.20 Å². The van der Waals surface area contributed by atoms with Gasteiger partial charge < -0.3 is 14.5 Å². The molecule has 0 amide bonds. The van der Waals surface area contributed by atoms with E-state index in [1.54, 1.807) is 13.3 Å². The highest BCUT2D eigenvalue weighted by molar-refractivity contribution is 9.10. The van der Waals surface area contributed by atoms with Crippen molar-refractivity contribution in [3.05, 3.63) is 46.6 Å². The fourth-order valence-corrected chi connectivity index (χ4v) is 2.13. The van der Waals surface area contributed by atoms with Gasteiger partial charge in [0.15, 0.2) is 4.67 Å². The summed E-state index contributed by atoms with van der Waals surface area (Å²) in [7, 11) is 1.64. The molecule has 1 N–H and O–H groups in total. The average molecular weight is 311 g/mol. The lowest BCUT2D eigenvalue weighted by atomic mass is 10.1. The predicted molar refractivity (Wildman–Crippen MR) is 72.7 cm³/mol. The van der Waals surface area contributed by atoms with Crippen molar-refractivity contribution in [1.82, 2.24) is 10.3 Å². The number of hydrogen-bond acceptors (Lipinski definition) is 4.